The highest BCUT2D eigenvalue weighted by atomic mass is 15.5. The van der Waals surface area contributed by atoms with Gasteiger partial charge in [-0.05, 0) is 0 Å². The minimum Gasteiger partial charge on any atom is -0.303 e. The van der Waals surface area contributed by atoms with Crippen molar-refractivity contribution in [2.24, 2.45) is 11.5 Å². The predicted molar refractivity (Wildman–Crippen MR) is 22.2 cm³/mol. The first kappa shape index (κ1) is 4.01. The Morgan fingerprint density at radius 2 is 1.33 bits per heavy atom. The molecule has 1 fully saturated rings. The lowest BCUT2D eigenvalue weighted by molar-refractivity contribution is 0.210. The van der Waals surface area contributed by atoms with Gasteiger partial charge < -0.3 is 11.5 Å². The van der Waals surface area contributed by atoms with Crippen LogP contribution in [-0.2, 0) is 0 Å². The van der Waals surface area contributed by atoms with Crippen LogP contribution in [0.4, 0.5) is 0 Å². The molecule has 36 valence electrons. The molecule has 0 aromatic rings. The monoisotopic (exact) mass is 88.1 g/mol. The van der Waals surface area contributed by atoms with Gasteiger partial charge in [0.15, 0.2) is 0 Å². The second-order valence-corrected chi connectivity index (χ2v) is 1.29. The SMILES string of the molecule is NC1NC(N)N1. The van der Waals surface area contributed by atoms with Crippen molar-refractivity contribution in [3.8, 4) is 0 Å². The molecule has 0 radical (unpaired) electrons. The summed E-state index contributed by atoms with van der Waals surface area (Å²) in [6, 6.07) is 0. The zero-order chi connectivity index (χ0) is 4.57. The molecule has 4 nitrogen and oxygen atoms in total. The van der Waals surface area contributed by atoms with Crippen molar-refractivity contribution in [3.63, 3.8) is 0 Å². The average molecular weight is 88.1 g/mol. The summed E-state index contributed by atoms with van der Waals surface area (Å²) in [6.45, 7) is 0. The Balaban J connectivity index is 2.11. The smallest absolute Gasteiger partial charge is 0.113 e. The summed E-state index contributed by atoms with van der Waals surface area (Å²) in [5.74, 6) is 0. The maximum Gasteiger partial charge on any atom is 0.113 e. The van der Waals surface area contributed by atoms with Crippen LogP contribution in [0.5, 0.6) is 0 Å². The van der Waals surface area contributed by atoms with E-state index in [4.69, 9.17) is 11.5 Å². The van der Waals surface area contributed by atoms with Crippen LogP contribution in [0.3, 0.4) is 0 Å². The minimum atomic E-state index is -0.0833. The van der Waals surface area contributed by atoms with Crippen LogP contribution >= 0.6 is 0 Å². The normalized spacial score (nSPS) is 45.0. The van der Waals surface area contributed by atoms with E-state index in [-0.39, 0.29) is 12.6 Å². The molecule has 0 aromatic heterocycles. The van der Waals surface area contributed by atoms with Crippen LogP contribution in [0.25, 0.3) is 0 Å². The summed E-state index contributed by atoms with van der Waals surface area (Å²) in [5.41, 5.74) is 10.3. The van der Waals surface area contributed by atoms with Gasteiger partial charge in [-0.15, -0.1) is 0 Å². The molecule has 0 aliphatic carbocycles. The van der Waals surface area contributed by atoms with Gasteiger partial charge in [0, 0.05) is 0 Å². The number of nitrogens with two attached hydrogens (primary N) is 2. The topological polar surface area (TPSA) is 76.1 Å². The highest BCUT2D eigenvalue weighted by Gasteiger charge is 2.17. The van der Waals surface area contributed by atoms with E-state index in [9.17, 15) is 0 Å². The highest BCUT2D eigenvalue weighted by Crippen LogP contribution is 1.77. The van der Waals surface area contributed by atoms with Crippen LogP contribution < -0.4 is 22.1 Å². The van der Waals surface area contributed by atoms with Gasteiger partial charge >= 0.3 is 0 Å². The van der Waals surface area contributed by atoms with Gasteiger partial charge in [-0.2, -0.15) is 0 Å². The molecule has 0 aromatic carbocycles. The molecule has 0 amide bonds. The van der Waals surface area contributed by atoms with E-state index < -0.39 is 0 Å². The number of nitrogens with one attached hydrogen (secondary N) is 2. The first-order valence-corrected chi connectivity index (χ1v) is 1.82. The Hall–Kier alpha value is -0.160. The quantitative estimate of drug-likeness (QED) is 0.268. The first-order valence-electron chi connectivity index (χ1n) is 1.82. The molecular formula is C2H8N4. The maximum atomic E-state index is 5.17. The molecule has 0 saturated carbocycles. The first-order chi connectivity index (χ1) is 2.79. The third kappa shape index (κ3) is 0.504. The van der Waals surface area contributed by atoms with Crippen LogP contribution in [-0.4, -0.2) is 12.6 Å². The Labute approximate surface area is 35.9 Å². The molecule has 1 rings (SSSR count). The number of hydrogen-bond donors (Lipinski definition) is 4. The van der Waals surface area contributed by atoms with Crippen molar-refractivity contribution in [3.05, 3.63) is 0 Å². The van der Waals surface area contributed by atoms with E-state index in [1.54, 1.807) is 0 Å². The highest BCUT2D eigenvalue weighted by molar-refractivity contribution is 4.72. The predicted octanol–water partition coefficient (Wildman–Crippen LogP) is -2.34. The molecule has 1 saturated heterocycles. The van der Waals surface area contributed by atoms with E-state index in [1.807, 2.05) is 0 Å². The van der Waals surface area contributed by atoms with Crippen LogP contribution in [0.1, 0.15) is 0 Å². The third-order valence-corrected chi connectivity index (χ3v) is 0.718. The van der Waals surface area contributed by atoms with Crippen molar-refractivity contribution in [2.75, 3.05) is 0 Å². The summed E-state index contributed by atoms with van der Waals surface area (Å²) in [6.07, 6.45) is -0.167. The molecule has 6 N–H and O–H groups in total. The fourth-order valence-electron chi connectivity index (χ4n) is 0.387. The van der Waals surface area contributed by atoms with E-state index in [0.717, 1.165) is 0 Å². The Kier molecular flexibility index (Phi) is 0.776. The fraction of sp³-hybridized carbons (Fsp3) is 1.00. The van der Waals surface area contributed by atoms with Crippen molar-refractivity contribution in [2.45, 2.75) is 12.6 Å². The number of rotatable bonds is 0. The molecule has 1 aliphatic heterocycles. The molecule has 0 atom stereocenters. The second-order valence-electron chi connectivity index (χ2n) is 1.29. The maximum absolute atomic E-state index is 5.17. The van der Waals surface area contributed by atoms with Gasteiger partial charge in [-0.1, -0.05) is 0 Å². The Bertz CT molecular complexity index is 41.5. The fourth-order valence-corrected chi connectivity index (χ4v) is 0.387. The summed E-state index contributed by atoms with van der Waals surface area (Å²) < 4.78 is 0. The van der Waals surface area contributed by atoms with Crippen LogP contribution in [0.2, 0.25) is 0 Å². The lowest BCUT2D eigenvalue weighted by Gasteiger charge is -2.32. The molecule has 4 heteroatoms. The summed E-state index contributed by atoms with van der Waals surface area (Å²) in [5, 5.41) is 5.50. The number of hydrogen-bond acceptors (Lipinski definition) is 4. The van der Waals surface area contributed by atoms with E-state index in [2.05, 4.69) is 10.6 Å². The van der Waals surface area contributed by atoms with Gasteiger partial charge in [0.1, 0.15) is 12.6 Å². The Morgan fingerprint density at radius 1 is 1.00 bits per heavy atom. The van der Waals surface area contributed by atoms with Crippen molar-refractivity contribution >= 4 is 0 Å². The molecule has 0 unspecified atom stereocenters. The molecule has 1 heterocycles. The van der Waals surface area contributed by atoms with Gasteiger partial charge in [-0.3, -0.25) is 10.6 Å². The minimum absolute atomic E-state index is 0.0833. The average Bonchev–Trinajstić information content (AvgIpc) is 1.33. The van der Waals surface area contributed by atoms with Crippen molar-refractivity contribution < 1.29 is 0 Å². The molecule has 6 heavy (non-hydrogen) atoms. The zero-order valence-corrected chi connectivity index (χ0v) is 3.31. The molecular weight excluding hydrogens is 80.1 g/mol. The zero-order valence-electron chi connectivity index (χ0n) is 3.31. The molecule has 0 spiro atoms. The summed E-state index contributed by atoms with van der Waals surface area (Å²) in [7, 11) is 0. The van der Waals surface area contributed by atoms with Crippen LogP contribution in [0, 0.1) is 0 Å². The van der Waals surface area contributed by atoms with Gasteiger partial charge in [-0.25, -0.2) is 0 Å². The van der Waals surface area contributed by atoms with Gasteiger partial charge in [0.05, 0.1) is 0 Å². The van der Waals surface area contributed by atoms with E-state index >= 15 is 0 Å². The summed E-state index contributed by atoms with van der Waals surface area (Å²) >= 11 is 0. The Morgan fingerprint density at radius 3 is 1.33 bits per heavy atom. The van der Waals surface area contributed by atoms with Crippen molar-refractivity contribution in [1.29, 1.82) is 0 Å². The second kappa shape index (κ2) is 1.16. The lowest BCUT2D eigenvalue weighted by atomic mass is 10.6. The van der Waals surface area contributed by atoms with Crippen molar-refractivity contribution in [1.82, 2.24) is 10.6 Å². The van der Waals surface area contributed by atoms with E-state index in [0.29, 0.717) is 0 Å². The summed E-state index contributed by atoms with van der Waals surface area (Å²) in [4.78, 5) is 0. The van der Waals surface area contributed by atoms with E-state index in [1.165, 1.54) is 0 Å². The largest absolute Gasteiger partial charge is 0.303 e. The third-order valence-electron chi connectivity index (χ3n) is 0.718. The van der Waals surface area contributed by atoms with Crippen LogP contribution in [0.15, 0.2) is 0 Å². The van der Waals surface area contributed by atoms with Gasteiger partial charge in [0.25, 0.3) is 0 Å². The standard InChI is InChI=1S/C2H8N4/c3-1-5-2(4)6-1/h1-2,5-6H,3-4H2. The lowest BCUT2D eigenvalue weighted by Crippen LogP contribution is -2.75. The van der Waals surface area contributed by atoms with Gasteiger partial charge in [0.2, 0.25) is 0 Å². The molecule has 0 bridgehead atoms. The molecule has 1 aliphatic rings.